The van der Waals surface area contributed by atoms with Crippen LogP contribution in [0, 0.1) is 0 Å². The highest BCUT2D eigenvalue weighted by molar-refractivity contribution is 6.43. The first kappa shape index (κ1) is 22.9. The number of carbonyl (C=O) groups excluding carboxylic acids is 2. The molecule has 0 aliphatic carbocycles. The number of anilines is 2. The van der Waals surface area contributed by atoms with Crippen molar-refractivity contribution in [1.82, 2.24) is 0 Å². The number of carboxylic acids is 1. The normalized spacial score (nSPS) is 11.3. The van der Waals surface area contributed by atoms with E-state index in [0.29, 0.717) is 12.0 Å². The van der Waals surface area contributed by atoms with E-state index in [1.165, 1.54) is 18.2 Å². The number of rotatable bonds is 6. The fourth-order valence-corrected chi connectivity index (χ4v) is 2.64. The van der Waals surface area contributed by atoms with Crippen LogP contribution in [0.1, 0.15) is 42.9 Å². The first-order valence-electron chi connectivity index (χ1n) is 9.11. The minimum atomic E-state index is -4.70. The molecule has 0 aliphatic rings. The van der Waals surface area contributed by atoms with E-state index in [2.05, 4.69) is 5.32 Å². The molecule has 6 nitrogen and oxygen atoms in total. The second-order valence-electron chi connectivity index (χ2n) is 6.96. The lowest BCUT2D eigenvalue weighted by molar-refractivity contribution is -0.138. The number of carboxylic acid groups (broad SMARTS) is 1. The molecule has 0 radical (unpaired) electrons. The van der Waals surface area contributed by atoms with Crippen molar-refractivity contribution in [1.29, 1.82) is 0 Å². The number of aryl methyl sites for hydroxylation is 1. The number of aliphatic carboxylic acids is 1. The minimum Gasteiger partial charge on any atom is -0.481 e. The van der Waals surface area contributed by atoms with Gasteiger partial charge in [0.15, 0.2) is 0 Å². The lowest BCUT2D eigenvalue weighted by atomic mass is 9.99. The Morgan fingerprint density at radius 1 is 0.967 bits per heavy atom. The van der Waals surface area contributed by atoms with Crippen LogP contribution >= 0.6 is 0 Å². The fourth-order valence-electron chi connectivity index (χ4n) is 2.64. The average molecular weight is 422 g/mol. The molecule has 2 rings (SSSR count). The van der Waals surface area contributed by atoms with Gasteiger partial charge in [0.1, 0.15) is 0 Å². The summed E-state index contributed by atoms with van der Waals surface area (Å²) in [6, 6.07) is 9.66. The van der Waals surface area contributed by atoms with E-state index >= 15 is 0 Å². The fraction of sp³-hybridized carbons (Fsp3) is 0.286. The highest BCUT2D eigenvalue weighted by Gasteiger charge is 2.35. The Bertz CT molecular complexity index is 938. The van der Waals surface area contributed by atoms with Gasteiger partial charge in [0.05, 0.1) is 11.3 Å². The molecular formula is C21H21F3N2O4. The predicted octanol–water partition coefficient (Wildman–Crippen LogP) is 4.42. The SMILES string of the molecule is CC(C)c1ccc(NC(=O)C(=O)Nc2ccc(CCC(=O)O)cc2)c(C(F)(F)F)c1. The van der Waals surface area contributed by atoms with Crippen LogP contribution in [0.5, 0.6) is 0 Å². The molecular weight excluding hydrogens is 401 g/mol. The van der Waals surface area contributed by atoms with Crippen molar-refractivity contribution < 1.29 is 32.7 Å². The number of halogens is 3. The van der Waals surface area contributed by atoms with Crippen molar-refractivity contribution in [2.45, 2.75) is 38.8 Å². The largest absolute Gasteiger partial charge is 0.481 e. The van der Waals surface area contributed by atoms with Crippen molar-refractivity contribution in [2.75, 3.05) is 10.6 Å². The van der Waals surface area contributed by atoms with Crippen LogP contribution in [-0.4, -0.2) is 22.9 Å². The molecule has 160 valence electrons. The van der Waals surface area contributed by atoms with E-state index in [1.807, 2.05) is 5.32 Å². The van der Waals surface area contributed by atoms with E-state index in [4.69, 9.17) is 5.11 Å². The zero-order chi connectivity index (χ0) is 22.5. The lowest BCUT2D eigenvalue weighted by Crippen LogP contribution is -2.30. The number of hydrogen-bond acceptors (Lipinski definition) is 3. The lowest BCUT2D eigenvalue weighted by Gasteiger charge is -2.16. The van der Waals surface area contributed by atoms with Crippen LogP contribution < -0.4 is 10.6 Å². The van der Waals surface area contributed by atoms with Crippen molar-refractivity contribution in [2.24, 2.45) is 0 Å². The highest BCUT2D eigenvalue weighted by atomic mass is 19.4. The average Bonchev–Trinajstić information content (AvgIpc) is 2.66. The molecule has 3 N–H and O–H groups in total. The third-order valence-electron chi connectivity index (χ3n) is 4.31. The van der Waals surface area contributed by atoms with Crippen molar-refractivity contribution in [3.05, 3.63) is 59.2 Å². The third-order valence-corrected chi connectivity index (χ3v) is 4.31. The van der Waals surface area contributed by atoms with Gasteiger partial charge in [-0.25, -0.2) is 0 Å². The van der Waals surface area contributed by atoms with Crippen LogP contribution in [0.2, 0.25) is 0 Å². The zero-order valence-corrected chi connectivity index (χ0v) is 16.3. The molecule has 2 aromatic carbocycles. The van der Waals surface area contributed by atoms with Gasteiger partial charge in [-0.15, -0.1) is 0 Å². The Labute approximate surface area is 171 Å². The van der Waals surface area contributed by atoms with E-state index in [0.717, 1.165) is 17.7 Å². The van der Waals surface area contributed by atoms with E-state index in [9.17, 15) is 27.6 Å². The Morgan fingerprint density at radius 2 is 1.57 bits per heavy atom. The number of amides is 2. The Morgan fingerprint density at radius 3 is 2.10 bits per heavy atom. The quantitative estimate of drug-likeness (QED) is 0.601. The maximum atomic E-state index is 13.4. The topological polar surface area (TPSA) is 95.5 Å². The summed E-state index contributed by atoms with van der Waals surface area (Å²) in [5.74, 6) is -3.46. The molecule has 0 fully saturated rings. The molecule has 2 amide bonds. The van der Waals surface area contributed by atoms with Crippen LogP contribution in [0.15, 0.2) is 42.5 Å². The smallest absolute Gasteiger partial charge is 0.418 e. The summed E-state index contributed by atoms with van der Waals surface area (Å²) >= 11 is 0. The standard InChI is InChI=1S/C21H21F3N2O4/c1-12(2)14-6-9-17(16(11-14)21(22,23)24)26-20(30)19(29)25-15-7-3-13(4-8-15)5-10-18(27)28/h3-4,6-9,11-12H,5,10H2,1-2H3,(H,25,29)(H,26,30)(H,27,28). The monoisotopic (exact) mass is 422 g/mol. The Kier molecular flexibility index (Phi) is 7.20. The molecule has 0 bridgehead atoms. The Hall–Kier alpha value is -3.36. The van der Waals surface area contributed by atoms with Gasteiger partial charge in [0, 0.05) is 12.1 Å². The summed E-state index contributed by atoms with van der Waals surface area (Å²) in [7, 11) is 0. The number of benzene rings is 2. The summed E-state index contributed by atoms with van der Waals surface area (Å²) in [4.78, 5) is 34.8. The van der Waals surface area contributed by atoms with E-state index < -0.39 is 35.2 Å². The second kappa shape index (κ2) is 9.43. The number of nitrogens with one attached hydrogen (secondary N) is 2. The second-order valence-corrected chi connectivity index (χ2v) is 6.96. The number of alkyl halides is 3. The zero-order valence-electron chi connectivity index (χ0n) is 16.3. The third kappa shape index (κ3) is 6.33. The number of hydrogen-bond donors (Lipinski definition) is 3. The molecule has 0 atom stereocenters. The Balaban J connectivity index is 2.09. The molecule has 0 unspecified atom stereocenters. The van der Waals surface area contributed by atoms with Crippen molar-refractivity contribution in [3.63, 3.8) is 0 Å². The minimum absolute atomic E-state index is 0.0503. The van der Waals surface area contributed by atoms with Crippen molar-refractivity contribution in [3.8, 4) is 0 Å². The summed E-state index contributed by atoms with van der Waals surface area (Å²) in [5, 5.41) is 13.0. The van der Waals surface area contributed by atoms with Gasteiger partial charge in [-0.1, -0.05) is 32.0 Å². The van der Waals surface area contributed by atoms with Crippen LogP contribution in [0.3, 0.4) is 0 Å². The molecule has 0 saturated carbocycles. The molecule has 0 heterocycles. The van der Waals surface area contributed by atoms with E-state index in [1.54, 1.807) is 26.0 Å². The number of carbonyl (C=O) groups is 3. The highest BCUT2D eigenvalue weighted by Crippen LogP contribution is 2.36. The molecule has 0 aliphatic heterocycles. The summed E-state index contributed by atoms with van der Waals surface area (Å²) < 4.78 is 40.1. The molecule has 9 heteroatoms. The van der Waals surface area contributed by atoms with Gasteiger partial charge >= 0.3 is 24.0 Å². The first-order chi connectivity index (χ1) is 14.0. The molecule has 0 spiro atoms. The maximum Gasteiger partial charge on any atom is 0.418 e. The van der Waals surface area contributed by atoms with Gasteiger partial charge in [0.2, 0.25) is 0 Å². The van der Waals surface area contributed by atoms with Crippen molar-refractivity contribution >= 4 is 29.2 Å². The molecule has 0 aromatic heterocycles. The van der Waals surface area contributed by atoms with E-state index in [-0.39, 0.29) is 18.0 Å². The molecule has 30 heavy (non-hydrogen) atoms. The molecule has 0 saturated heterocycles. The van der Waals surface area contributed by atoms with Crippen LogP contribution in [-0.2, 0) is 27.0 Å². The van der Waals surface area contributed by atoms with Gasteiger partial charge in [-0.05, 0) is 47.7 Å². The summed E-state index contributed by atoms with van der Waals surface area (Å²) in [5.41, 5.74) is -0.109. The maximum absolute atomic E-state index is 13.4. The predicted molar refractivity (Wildman–Crippen MR) is 105 cm³/mol. The summed E-state index contributed by atoms with van der Waals surface area (Å²) in [6.45, 7) is 3.49. The summed E-state index contributed by atoms with van der Waals surface area (Å²) in [6.07, 6.45) is -4.45. The van der Waals surface area contributed by atoms with Gasteiger partial charge < -0.3 is 15.7 Å². The molecule has 2 aromatic rings. The van der Waals surface area contributed by atoms with Gasteiger partial charge in [-0.3, -0.25) is 14.4 Å². The first-order valence-corrected chi connectivity index (χ1v) is 9.11. The van der Waals surface area contributed by atoms with Crippen LogP contribution in [0.25, 0.3) is 0 Å². The van der Waals surface area contributed by atoms with Crippen LogP contribution in [0.4, 0.5) is 24.5 Å². The van der Waals surface area contributed by atoms with Gasteiger partial charge in [-0.2, -0.15) is 13.2 Å². The van der Waals surface area contributed by atoms with Gasteiger partial charge in [0.25, 0.3) is 0 Å².